The maximum atomic E-state index is 11.7. The molecule has 0 spiro atoms. The Labute approximate surface area is 175 Å². The van der Waals surface area contributed by atoms with Crippen LogP contribution in [0.4, 0.5) is 0 Å². The zero-order chi connectivity index (χ0) is 21.1. The van der Waals surface area contributed by atoms with Crippen LogP contribution in [0.15, 0.2) is 67.0 Å². The molecule has 0 aliphatic heterocycles. The number of benzene rings is 3. The van der Waals surface area contributed by atoms with Crippen molar-refractivity contribution in [2.24, 2.45) is 0 Å². The van der Waals surface area contributed by atoms with Gasteiger partial charge in [-0.25, -0.2) is 4.98 Å². The van der Waals surface area contributed by atoms with Crippen molar-refractivity contribution < 1.29 is 14.3 Å². The van der Waals surface area contributed by atoms with Gasteiger partial charge in [0.1, 0.15) is 12.1 Å². The molecule has 1 aromatic heterocycles. The molecule has 0 saturated carbocycles. The molecule has 0 atom stereocenters. The van der Waals surface area contributed by atoms with Crippen LogP contribution in [0.5, 0.6) is 5.75 Å². The molecule has 0 bridgehead atoms. The summed E-state index contributed by atoms with van der Waals surface area (Å²) < 4.78 is 12.6. The molecule has 0 aliphatic carbocycles. The Kier molecular flexibility index (Phi) is 5.53. The summed E-state index contributed by atoms with van der Waals surface area (Å²) in [6.07, 6.45) is 2.10. The second kappa shape index (κ2) is 8.41. The van der Waals surface area contributed by atoms with Crippen LogP contribution in [-0.2, 0) is 16.0 Å². The normalized spacial score (nSPS) is 10.9. The van der Waals surface area contributed by atoms with Gasteiger partial charge in [-0.1, -0.05) is 30.3 Å². The predicted molar refractivity (Wildman–Crippen MR) is 118 cm³/mol. The number of esters is 1. The van der Waals surface area contributed by atoms with E-state index >= 15 is 0 Å². The van der Waals surface area contributed by atoms with Crippen LogP contribution < -0.4 is 4.74 Å². The molecule has 0 saturated heterocycles. The minimum Gasteiger partial charge on any atom is -0.496 e. The monoisotopic (exact) mass is 400 g/mol. The van der Waals surface area contributed by atoms with Gasteiger partial charge in [0, 0.05) is 11.3 Å². The van der Waals surface area contributed by atoms with Gasteiger partial charge in [-0.15, -0.1) is 0 Å². The maximum absolute atomic E-state index is 11.7. The van der Waals surface area contributed by atoms with Crippen molar-refractivity contribution in [3.63, 3.8) is 0 Å². The number of carbonyl (C=O) groups is 1. The molecular formula is C25H24N2O3. The van der Waals surface area contributed by atoms with E-state index in [0.717, 1.165) is 44.7 Å². The summed E-state index contributed by atoms with van der Waals surface area (Å²) in [6.45, 7) is 4.26. The molecule has 0 amide bonds. The Morgan fingerprint density at radius 2 is 1.83 bits per heavy atom. The lowest BCUT2D eigenvalue weighted by Crippen LogP contribution is -2.07. The fourth-order valence-corrected chi connectivity index (χ4v) is 3.58. The third-order valence-electron chi connectivity index (χ3n) is 5.08. The number of ether oxygens (including phenoxy) is 2. The Morgan fingerprint density at radius 1 is 1.03 bits per heavy atom. The molecule has 152 valence electrons. The third-order valence-corrected chi connectivity index (χ3v) is 5.08. The molecule has 1 heterocycles. The zero-order valence-corrected chi connectivity index (χ0v) is 17.4. The first-order valence-electron chi connectivity index (χ1n) is 9.96. The molecule has 3 aromatic carbocycles. The molecular weight excluding hydrogens is 376 g/mol. The smallest absolute Gasteiger partial charge is 0.310 e. The van der Waals surface area contributed by atoms with Gasteiger partial charge >= 0.3 is 5.97 Å². The number of methoxy groups -OCH3 is 1. The minimum absolute atomic E-state index is 0.211. The average Bonchev–Trinajstić information content (AvgIpc) is 3.17. The van der Waals surface area contributed by atoms with Gasteiger partial charge in [0.25, 0.3) is 0 Å². The van der Waals surface area contributed by atoms with Crippen LogP contribution in [-0.4, -0.2) is 29.2 Å². The summed E-state index contributed by atoms with van der Waals surface area (Å²) in [6, 6.07) is 20.3. The molecule has 0 N–H and O–H groups in total. The fraction of sp³-hybridized carbons (Fsp3) is 0.200. The lowest BCUT2D eigenvalue weighted by atomic mass is 10.0. The number of hydrogen-bond acceptors (Lipinski definition) is 4. The molecule has 4 rings (SSSR count). The van der Waals surface area contributed by atoms with Gasteiger partial charge in [-0.3, -0.25) is 9.36 Å². The summed E-state index contributed by atoms with van der Waals surface area (Å²) in [5.41, 5.74) is 7.11. The summed E-state index contributed by atoms with van der Waals surface area (Å²) in [7, 11) is 1.69. The maximum Gasteiger partial charge on any atom is 0.310 e. The summed E-state index contributed by atoms with van der Waals surface area (Å²) in [5.74, 6) is 0.642. The highest BCUT2D eigenvalue weighted by molar-refractivity contribution is 5.85. The van der Waals surface area contributed by atoms with Crippen LogP contribution in [0.2, 0.25) is 0 Å². The molecule has 0 radical (unpaired) electrons. The SMILES string of the molecule is CCOC(=O)Cc1ccc(-n2cnc3cc(-c4ccc(C)cc4OC)ccc32)cc1. The van der Waals surface area contributed by atoms with Crippen LogP contribution >= 0.6 is 0 Å². The number of aryl methyl sites for hydroxylation is 1. The van der Waals surface area contributed by atoms with E-state index in [0.29, 0.717) is 6.61 Å². The minimum atomic E-state index is -0.211. The Balaban J connectivity index is 1.64. The van der Waals surface area contributed by atoms with Crippen molar-refractivity contribution in [2.75, 3.05) is 13.7 Å². The van der Waals surface area contributed by atoms with Crippen molar-refractivity contribution in [3.05, 3.63) is 78.1 Å². The van der Waals surface area contributed by atoms with E-state index in [2.05, 4.69) is 42.2 Å². The predicted octanol–water partition coefficient (Wildman–Crippen LogP) is 5.12. The molecule has 4 aromatic rings. The van der Waals surface area contributed by atoms with E-state index in [-0.39, 0.29) is 12.4 Å². The highest BCUT2D eigenvalue weighted by Crippen LogP contribution is 2.33. The van der Waals surface area contributed by atoms with Gasteiger partial charge in [-0.05, 0) is 60.9 Å². The summed E-state index contributed by atoms with van der Waals surface area (Å²) in [4.78, 5) is 16.3. The fourth-order valence-electron chi connectivity index (χ4n) is 3.58. The van der Waals surface area contributed by atoms with E-state index in [4.69, 9.17) is 9.47 Å². The number of aromatic nitrogens is 2. The van der Waals surface area contributed by atoms with Crippen LogP contribution in [0, 0.1) is 6.92 Å². The lowest BCUT2D eigenvalue weighted by molar-refractivity contribution is -0.142. The number of hydrogen-bond donors (Lipinski definition) is 0. The lowest BCUT2D eigenvalue weighted by Gasteiger charge is -2.10. The quantitative estimate of drug-likeness (QED) is 0.422. The topological polar surface area (TPSA) is 53.4 Å². The highest BCUT2D eigenvalue weighted by Gasteiger charge is 2.11. The standard InChI is InChI=1S/C25H24N2O3/c1-4-30-25(28)14-18-6-9-20(10-7-18)27-16-26-22-15-19(8-12-23(22)27)21-11-5-17(2)13-24(21)29-3/h5-13,15-16H,4,14H2,1-3H3. The number of fused-ring (bicyclic) bond motifs is 1. The largest absolute Gasteiger partial charge is 0.496 e. The number of carbonyl (C=O) groups excluding carboxylic acids is 1. The zero-order valence-electron chi connectivity index (χ0n) is 17.4. The third kappa shape index (κ3) is 3.92. The van der Waals surface area contributed by atoms with Crippen LogP contribution in [0.25, 0.3) is 27.8 Å². The van der Waals surface area contributed by atoms with Crippen LogP contribution in [0.3, 0.4) is 0 Å². The Hall–Kier alpha value is -3.60. The van der Waals surface area contributed by atoms with Gasteiger partial charge in [-0.2, -0.15) is 0 Å². The molecule has 0 fully saturated rings. The summed E-state index contributed by atoms with van der Waals surface area (Å²) in [5, 5.41) is 0. The molecule has 0 aliphatic rings. The second-order valence-corrected chi connectivity index (χ2v) is 7.17. The van der Waals surface area contributed by atoms with Crippen molar-refractivity contribution in [1.29, 1.82) is 0 Å². The van der Waals surface area contributed by atoms with E-state index < -0.39 is 0 Å². The molecule has 5 nitrogen and oxygen atoms in total. The van der Waals surface area contributed by atoms with Crippen molar-refractivity contribution in [3.8, 4) is 22.6 Å². The van der Waals surface area contributed by atoms with E-state index in [1.807, 2.05) is 48.1 Å². The first kappa shape index (κ1) is 19.7. The first-order chi connectivity index (χ1) is 14.6. The van der Waals surface area contributed by atoms with Crippen LogP contribution in [0.1, 0.15) is 18.1 Å². The average molecular weight is 400 g/mol. The van der Waals surface area contributed by atoms with Crippen molar-refractivity contribution >= 4 is 17.0 Å². The first-order valence-corrected chi connectivity index (χ1v) is 9.96. The number of rotatable bonds is 6. The number of imidazole rings is 1. The highest BCUT2D eigenvalue weighted by atomic mass is 16.5. The van der Waals surface area contributed by atoms with Crippen molar-refractivity contribution in [2.45, 2.75) is 20.3 Å². The van der Waals surface area contributed by atoms with E-state index in [9.17, 15) is 4.79 Å². The van der Waals surface area contributed by atoms with Crippen molar-refractivity contribution in [1.82, 2.24) is 9.55 Å². The Morgan fingerprint density at radius 3 is 2.57 bits per heavy atom. The van der Waals surface area contributed by atoms with E-state index in [1.165, 1.54) is 0 Å². The number of nitrogens with zero attached hydrogens (tertiary/aromatic N) is 2. The molecule has 5 heteroatoms. The summed E-state index contributed by atoms with van der Waals surface area (Å²) >= 11 is 0. The molecule has 0 unspecified atom stereocenters. The van der Waals surface area contributed by atoms with Gasteiger partial charge in [0.05, 0.1) is 31.2 Å². The molecule has 30 heavy (non-hydrogen) atoms. The van der Waals surface area contributed by atoms with Gasteiger partial charge in [0.15, 0.2) is 0 Å². The second-order valence-electron chi connectivity index (χ2n) is 7.17. The Bertz CT molecular complexity index is 1190. The van der Waals surface area contributed by atoms with Gasteiger partial charge in [0.2, 0.25) is 0 Å². The van der Waals surface area contributed by atoms with E-state index in [1.54, 1.807) is 7.11 Å². The van der Waals surface area contributed by atoms with Gasteiger partial charge < -0.3 is 9.47 Å².